The van der Waals surface area contributed by atoms with Crippen molar-refractivity contribution in [2.75, 3.05) is 5.32 Å². The van der Waals surface area contributed by atoms with E-state index < -0.39 is 12.0 Å². The molecule has 0 saturated heterocycles. The second-order valence-corrected chi connectivity index (χ2v) is 7.53. The molecule has 0 aliphatic rings. The number of anilines is 1. The highest BCUT2D eigenvalue weighted by Gasteiger charge is 2.26. The van der Waals surface area contributed by atoms with Crippen LogP contribution >= 0.6 is 0 Å². The molecular weight excluding hydrogens is 402 g/mol. The lowest BCUT2D eigenvalue weighted by Gasteiger charge is -2.23. The van der Waals surface area contributed by atoms with E-state index in [1.807, 2.05) is 18.2 Å². The molecule has 0 unspecified atom stereocenters. The Hall–Kier alpha value is -3.85. The van der Waals surface area contributed by atoms with Crippen molar-refractivity contribution in [3.05, 3.63) is 88.7 Å². The van der Waals surface area contributed by atoms with Crippen molar-refractivity contribution in [1.82, 2.24) is 4.98 Å². The predicted octanol–water partition coefficient (Wildman–Crippen LogP) is 5.28. The standard InChI is InChI=1S/C26H27N3O3/c1-3-5-21-14-18(4-2)15-23(25(21)32-17-20-10-12-28-13-11-20)24(26(30)31)29-22-8-6-19(16-27)7-9-22/h6-15,24,29H,3-5,17H2,1-2H3,(H,30,31)/t24-/m1/s1. The quantitative estimate of drug-likeness (QED) is 0.455. The van der Waals surface area contributed by atoms with Gasteiger partial charge in [-0.15, -0.1) is 0 Å². The van der Waals surface area contributed by atoms with E-state index in [9.17, 15) is 9.90 Å². The largest absolute Gasteiger partial charge is 0.488 e. The first-order valence-corrected chi connectivity index (χ1v) is 10.7. The van der Waals surface area contributed by atoms with Gasteiger partial charge in [0.25, 0.3) is 0 Å². The summed E-state index contributed by atoms with van der Waals surface area (Å²) in [6.45, 7) is 4.46. The number of benzene rings is 2. The summed E-state index contributed by atoms with van der Waals surface area (Å²) in [4.78, 5) is 16.4. The first kappa shape index (κ1) is 22.8. The zero-order valence-corrected chi connectivity index (χ0v) is 18.3. The summed E-state index contributed by atoms with van der Waals surface area (Å²) in [5.41, 5.74) is 4.76. The summed E-state index contributed by atoms with van der Waals surface area (Å²) in [7, 11) is 0. The summed E-state index contributed by atoms with van der Waals surface area (Å²) >= 11 is 0. The van der Waals surface area contributed by atoms with Gasteiger partial charge in [-0.2, -0.15) is 5.26 Å². The average molecular weight is 430 g/mol. The Morgan fingerprint density at radius 3 is 2.44 bits per heavy atom. The van der Waals surface area contributed by atoms with Crippen molar-refractivity contribution in [3.8, 4) is 11.8 Å². The molecule has 1 atom stereocenters. The molecule has 2 aromatic carbocycles. The van der Waals surface area contributed by atoms with Crippen LogP contribution in [0, 0.1) is 11.3 Å². The van der Waals surface area contributed by atoms with E-state index in [-0.39, 0.29) is 0 Å². The van der Waals surface area contributed by atoms with Crippen molar-refractivity contribution in [2.45, 2.75) is 45.8 Å². The molecule has 6 nitrogen and oxygen atoms in total. The van der Waals surface area contributed by atoms with Crippen LogP contribution in [-0.4, -0.2) is 16.1 Å². The van der Waals surface area contributed by atoms with Gasteiger partial charge in [0.1, 0.15) is 12.4 Å². The number of aryl methyl sites for hydroxylation is 2. The summed E-state index contributed by atoms with van der Waals surface area (Å²) in [6, 6.07) is 15.6. The molecule has 3 aromatic rings. The minimum Gasteiger partial charge on any atom is -0.488 e. The zero-order chi connectivity index (χ0) is 22.9. The summed E-state index contributed by atoms with van der Waals surface area (Å²) in [5.74, 6) is -0.395. The lowest BCUT2D eigenvalue weighted by Crippen LogP contribution is -2.22. The monoisotopic (exact) mass is 429 g/mol. The molecule has 0 aliphatic heterocycles. The van der Waals surface area contributed by atoms with Gasteiger partial charge in [-0.1, -0.05) is 26.3 Å². The summed E-state index contributed by atoms with van der Waals surface area (Å²) in [6.07, 6.45) is 5.91. The molecule has 0 aliphatic carbocycles. The highest BCUT2D eigenvalue weighted by molar-refractivity contribution is 5.81. The van der Waals surface area contributed by atoms with Gasteiger partial charge in [-0.25, -0.2) is 4.79 Å². The number of nitrogens with zero attached hydrogens (tertiary/aromatic N) is 2. The number of pyridine rings is 1. The highest BCUT2D eigenvalue weighted by atomic mass is 16.5. The van der Waals surface area contributed by atoms with Crippen LogP contribution in [0.4, 0.5) is 5.69 Å². The van der Waals surface area contributed by atoms with Crippen LogP contribution in [0.1, 0.15) is 54.1 Å². The van der Waals surface area contributed by atoms with Crippen LogP contribution < -0.4 is 10.1 Å². The fourth-order valence-corrected chi connectivity index (χ4v) is 3.55. The maximum absolute atomic E-state index is 12.3. The molecule has 1 aromatic heterocycles. The minimum absolute atomic E-state index is 0.320. The fourth-order valence-electron chi connectivity index (χ4n) is 3.55. The van der Waals surface area contributed by atoms with Crippen molar-refractivity contribution in [1.29, 1.82) is 5.26 Å². The number of aromatic nitrogens is 1. The fraction of sp³-hybridized carbons (Fsp3) is 0.269. The number of hydrogen-bond acceptors (Lipinski definition) is 5. The smallest absolute Gasteiger partial charge is 0.330 e. The Morgan fingerprint density at radius 1 is 1.12 bits per heavy atom. The maximum atomic E-state index is 12.3. The minimum atomic E-state index is -1.00. The lowest BCUT2D eigenvalue weighted by atomic mass is 9.95. The molecule has 0 amide bonds. The van der Waals surface area contributed by atoms with Crippen LogP contribution in [0.15, 0.2) is 60.9 Å². The van der Waals surface area contributed by atoms with E-state index in [0.29, 0.717) is 29.2 Å². The first-order valence-electron chi connectivity index (χ1n) is 10.7. The van der Waals surface area contributed by atoms with Crippen molar-refractivity contribution in [2.24, 2.45) is 0 Å². The van der Waals surface area contributed by atoms with Crippen LogP contribution in [0.2, 0.25) is 0 Å². The molecule has 0 radical (unpaired) electrons. The molecule has 32 heavy (non-hydrogen) atoms. The van der Waals surface area contributed by atoms with E-state index in [1.165, 1.54) is 0 Å². The Bertz CT molecular complexity index is 1090. The third-order valence-electron chi connectivity index (χ3n) is 5.20. The van der Waals surface area contributed by atoms with Crippen LogP contribution in [0.25, 0.3) is 0 Å². The predicted molar refractivity (Wildman–Crippen MR) is 124 cm³/mol. The van der Waals surface area contributed by atoms with Gasteiger partial charge in [-0.3, -0.25) is 4.98 Å². The first-order chi connectivity index (χ1) is 15.5. The van der Waals surface area contributed by atoms with Crippen LogP contribution in [0.5, 0.6) is 5.75 Å². The number of carbonyl (C=O) groups is 1. The maximum Gasteiger partial charge on any atom is 0.330 e. The highest BCUT2D eigenvalue weighted by Crippen LogP contribution is 2.35. The third kappa shape index (κ3) is 5.64. The Labute approximate surface area is 188 Å². The molecule has 0 bridgehead atoms. The number of rotatable bonds is 10. The summed E-state index contributed by atoms with van der Waals surface area (Å²) < 4.78 is 6.24. The van der Waals surface area contributed by atoms with Crippen LogP contribution in [0.3, 0.4) is 0 Å². The second kappa shape index (κ2) is 11.0. The second-order valence-electron chi connectivity index (χ2n) is 7.53. The number of nitriles is 1. The zero-order valence-electron chi connectivity index (χ0n) is 18.3. The van der Waals surface area contributed by atoms with E-state index in [2.05, 4.69) is 36.3 Å². The van der Waals surface area contributed by atoms with Crippen molar-refractivity contribution >= 4 is 11.7 Å². The van der Waals surface area contributed by atoms with Gasteiger partial charge in [0, 0.05) is 23.6 Å². The number of nitrogens with one attached hydrogen (secondary N) is 1. The Morgan fingerprint density at radius 2 is 1.84 bits per heavy atom. The van der Waals surface area contributed by atoms with Gasteiger partial charge in [0.2, 0.25) is 0 Å². The van der Waals surface area contributed by atoms with Gasteiger partial charge in [0.05, 0.1) is 11.6 Å². The molecule has 0 saturated carbocycles. The summed E-state index contributed by atoms with van der Waals surface area (Å²) in [5, 5.41) is 22.2. The molecule has 6 heteroatoms. The topological polar surface area (TPSA) is 95.2 Å². The molecule has 1 heterocycles. The molecule has 2 N–H and O–H groups in total. The number of aliphatic carboxylic acids is 1. The molecule has 164 valence electrons. The third-order valence-corrected chi connectivity index (χ3v) is 5.20. The normalized spacial score (nSPS) is 11.4. The lowest BCUT2D eigenvalue weighted by molar-refractivity contribution is -0.138. The van der Waals surface area contributed by atoms with Gasteiger partial charge in [0.15, 0.2) is 6.04 Å². The van der Waals surface area contributed by atoms with Gasteiger partial charge < -0.3 is 15.2 Å². The number of hydrogen-bond donors (Lipinski definition) is 2. The SMILES string of the molecule is CCCc1cc(CC)cc([C@@H](Nc2ccc(C#N)cc2)C(=O)O)c1OCc1ccncc1. The van der Waals surface area contributed by atoms with E-state index in [0.717, 1.165) is 36.0 Å². The molecule has 3 rings (SSSR count). The van der Waals surface area contributed by atoms with E-state index in [1.54, 1.807) is 36.7 Å². The Balaban J connectivity index is 2.03. The molecular formula is C26H27N3O3. The van der Waals surface area contributed by atoms with Crippen LogP contribution in [-0.2, 0) is 24.2 Å². The van der Waals surface area contributed by atoms with Gasteiger partial charge in [-0.05, 0) is 72.0 Å². The van der Waals surface area contributed by atoms with E-state index in [4.69, 9.17) is 10.00 Å². The molecule has 0 fully saturated rings. The number of carboxylic acids is 1. The molecule has 0 spiro atoms. The number of carboxylic acid groups (broad SMARTS) is 1. The van der Waals surface area contributed by atoms with E-state index >= 15 is 0 Å². The van der Waals surface area contributed by atoms with Crippen molar-refractivity contribution < 1.29 is 14.6 Å². The van der Waals surface area contributed by atoms with Gasteiger partial charge >= 0.3 is 5.97 Å². The number of ether oxygens (including phenoxy) is 1. The Kier molecular flexibility index (Phi) is 7.82. The average Bonchev–Trinajstić information content (AvgIpc) is 2.82. The van der Waals surface area contributed by atoms with Crippen molar-refractivity contribution in [3.63, 3.8) is 0 Å².